The lowest BCUT2D eigenvalue weighted by molar-refractivity contribution is 0.0196. The van der Waals surface area contributed by atoms with E-state index >= 15 is 0 Å². The molecule has 13 nitrogen and oxygen atoms in total. The van der Waals surface area contributed by atoms with Crippen LogP contribution in [0.2, 0.25) is 65.0 Å². The summed E-state index contributed by atoms with van der Waals surface area (Å²) in [7, 11) is -9.00. The summed E-state index contributed by atoms with van der Waals surface area (Å²) in [6.45, 7) is 17.4. The topological polar surface area (TPSA) is 176 Å². The summed E-state index contributed by atoms with van der Waals surface area (Å²) in [4.78, 5) is 25.9. The summed E-state index contributed by atoms with van der Waals surface area (Å²) in [6.07, 6.45) is -3.35. The number of hydrogen-bond acceptors (Lipinski definition) is 11. The molecule has 17 heteroatoms. The lowest BCUT2D eigenvalue weighted by Gasteiger charge is -2.41. The smallest absolute Gasteiger partial charge is 0.409 e. The Morgan fingerprint density at radius 2 is 1.28 bits per heavy atom. The first-order valence-electron chi connectivity index (χ1n) is 13.2. The molecule has 232 valence electrons. The Hall–Kier alpha value is -0.872. The molecular formula is C22H52N2O11Si4. The number of alkyl carbamates (subject to hydrolysis) is 1. The predicted molar refractivity (Wildman–Crippen MR) is 157 cm³/mol. The Morgan fingerprint density at radius 3 is 1.77 bits per heavy atom. The second-order valence-corrected chi connectivity index (χ2v) is 28.4. The van der Waals surface area contributed by atoms with Gasteiger partial charge in [-0.3, -0.25) is 0 Å². The SMILES string of the molecule is C[Si](C)(C)O[Si](C)(C)O[Si](C)(CCCN(CCNC(=O)OCC(O)CO)C(=O)OCC(O)CO)O[Si](C)(C)C. The Labute approximate surface area is 237 Å². The average Bonchev–Trinajstić information content (AvgIpc) is 2.75. The van der Waals surface area contributed by atoms with Crippen molar-refractivity contribution < 1.29 is 51.8 Å². The van der Waals surface area contributed by atoms with Gasteiger partial charge in [0.25, 0.3) is 0 Å². The monoisotopic (exact) mass is 632 g/mol. The van der Waals surface area contributed by atoms with E-state index in [1.165, 1.54) is 4.90 Å². The van der Waals surface area contributed by atoms with E-state index in [1.54, 1.807) is 0 Å². The molecule has 3 atom stereocenters. The van der Waals surface area contributed by atoms with E-state index in [4.69, 9.17) is 32.0 Å². The quantitative estimate of drug-likeness (QED) is 0.131. The van der Waals surface area contributed by atoms with Crippen LogP contribution in [0.4, 0.5) is 9.59 Å². The standard InChI is InChI=1S/C22H52N2O11Si4/c1-36(2,3)33-38(7,8)35-39(9,34-37(4,5)6)14-10-12-24(22(30)32-18-20(28)16-26)13-11-23-21(29)31-17-19(27)15-25/h19-20,25-28H,10-18H2,1-9H3,(H,23,29). The number of aliphatic hydroxyl groups is 4. The van der Waals surface area contributed by atoms with Gasteiger partial charge < -0.3 is 52.5 Å². The minimum atomic E-state index is -2.70. The van der Waals surface area contributed by atoms with Crippen molar-refractivity contribution in [3.8, 4) is 0 Å². The molecule has 0 saturated carbocycles. The Balaban J connectivity index is 5.35. The van der Waals surface area contributed by atoms with Crippen molar-refractivity contribution >= 4 is 45.9 Å². The highest BCUT2D eigenvalue weighted by atomic mass is 28.5. The van der Waals surface area contributed by atoms with Gasteiger partial charge in [0.1, 0.15) is 25.4 Å². The van der Waals surface area contributed by atoms with E-state index in [0.29, 0.717) is 12.5 Å². The van der Waals surface area contributed by atoms with Crippen molar-refractivity contribution in [3.05, 3.63) is 0 Å². The molecule has 5 N–H and O–H groups in total. The number of carbonyl (C=O) groups excluding carboxylic acids is 2. The fraction of sp³-hybridized carbons (Fsp3) is 0.909. The van der Waals surface area contributed by atoms with Crippen LogP contribution >= 0.6 is 0 Å². The Bertz CT molecular complexity index is 738. The van der Waals surface area contributed by atoms with Gasteiger partial charge >= 0.3 is 29.3 Å². The number of amides is 2. The number of aliphatic hydroxyl groups excluding tert-OH is 4. The molecule has 0 spiro atoms. The second kappa shape index (κ2) is 17.2. The molecule has 0 radical (unpaired) electrons. The third-order valence-corrected chi connectivity index (χ3v) is 18.3. The summed E-state index contributed by atoms with van der Waals surface area (Å²) >= 11 is 0. The number of nitrogens with one attached hydrogen (secondary N) is 1. The maximum Gasteiger partial charge on any atom is 0.409 e. The summed E-state index contributed by atoms with van der Waals surface area (Å²) < 4.78 is 29.6. The van der Waals surface area contributed by atoms with E-state index in [9.17, 15) is 19.8 Å². The average molecular weight is 633 g/mol. The van der Waals surface area contributed by atoms with Crippen molar-refractivity contribution in [2.75, 3.05) is 46.1 Å². The van der Waals surface area contributed by atoms with Gasteiger partial charge in [-0.15, -0.1) is 0 Å². The van der Waals surface area contributed by atoms with Gasteiger partial charge in [-0.1, -0.05) is 0 Å². The van der Waals surface area contributed by atoms with Crippen molar-refractivity contribution in [2.24, 2.45) is 0 Å². The molecule has 0 aromatic heterocycles. The summed E-state index contributed by atoms with van der Waals surface area (Å²) in [5.41, 5.74) is 0. The van der Waals surface area contributed by atoms with Gasteiger partial charge in [0.2, 0.25) is 0 Å². The molecule has 0 bridgehead atoms. The zero-order valence-electron chi connectivity index (χ0n) is 25.1. The normalized spacial score (nSPS) is 15.7. The number of ether oxygens (including phenoxy) is 2. The molecule has 0 aliphatic heterocycles. The first-order valence-corrected chi connectivity index (χ1v) is 25.4. The summed E-state index contributed by atoms with van der Waals surface area (Å²) in [5.74, 6) is 0. The molecule has 0 aromatic rings. The highest BCUT2D eigenvalue weighted by Gasteiger charge is 2.44. The zero-order valence-corrected chi connectivity index (χ0v) is 29.1. The van der Waals surface area contributed by atoms with E-state index in [0.717, 1.165) is 0 Å². The van der Waals surface area contributed by atoms with Crippen molar-refractivity contribution in [3.63, 3.8) is 0 Å². The minimum Gasteiger partial charge on any atom is -0.447 e. The fourth-order valence-corrected chi connectivity index (χ4v) is 21.8. The second-order valence-electron chi connectivity index (χ2n) is 11.9. The number of carbonyl (C=O) groups is 2. The van der Waals surface area contributed by atoms with Gasteiger partial charge in [-0.05, 0) is 71.4 Å². The van der Waals surface area contributed by atoms with Crippen molar-refractivity contribution in [1.29, 1.82) is 0 Å². The van der Waals surface area contributed by atoms with Crippen LogP contribution in [0.5, 0.6) is 0 Å². The molecule has 2 amide bonds. The number of rotatable bonds is 19. The molecular weight excluding hydrogens is 581 g/mol. The number of hydrogen-bond donors (Lipinski definition) is 5. The van der Waals surface area contributed by atoms with Crippen LogP contribution in [0.1, 0.15) is 6.42 Å². The number of nitrogens with zero attached hydrogens (tertiary/aromatic N) is 1. The first-order chi connectivity index (χ1) is 17.7. The zero-order chi connectivity index (χ0) is 30.5. The molecule has 3 unspecified atom stereocenters. The first kappa shape index (κ1) is 38.1. The van der Waals surface area contributed by atoms with Gasteiger partial charge in [-0.25, -0.2) is 9.59 Å². The van der Waals surface area contributed by atoms with Crippen LogP contribution < -0.4 is 5.32 Å². The van der Waals surface area contributed by atoms with E-state index in [2.05, 4.69) is 44.6 Å². The van der Waals surface area contributed by atoms with Crippen molar-refractivity contribution in [2.45, 2.75) is 83.6 Å². The molecule has 0 rings (SSSR count). The highest BCUT2D eigenvalue weighted by molar-refractivity contribution is 6.89. The van der Waals surface area contributed by atoms with Crippen LogP contribution in [0.3, 0.4) is 0 Å². The van der Waals surface area contributed by atoms with E-state index in [1.807, 2.05) is 19.6 Å². The highest BCUT2D eigenvalue weighted by Crippen LogP contribution is 2.27. The lowest BCUT2D eigenvalue weighted by atomic mass is 10.4. The Kier molecular flexibility index (Phi) is 16.8. The fourth-order valence-electron chi connectivity index (χ4n) is 3.81. The lowest BCUT2D eigenvalue weighted by Crippen LogP contribution is -2.57. The predicted octanol–water partition coefficient (Wildman–Crippen LogP) is 1.74. The van der Waals surface area contributed by atoms with Gasteiger partial charge in [-0.2, -0.15) is 0 Å². The van der Waals surface area contributed by atoms with E-state index < -0.39 is 71.4 Å². The molecule has 0 fully saturated rings. The van der Waals surface area contributed by atoms with E-state index in [-0.39, 0.29) is 32.8 Å². The molecule has 0 aromatic carbocycles. The van der Waals surface area contributed by atoms with Gasteiger partial charge in [0, 0.05) is 19.6 Å². The molecule has 0 aliphatic rings. The van der Waals surface area contributed by atoms with Crippen LogP contribution in [-0.2, 0) is 21.8 Å². The molecule has 0 heterocycles. The third-order valence-electron chi connectivity index (χ3n) is 4.73. The van der Waals surface area contributed by atoms with Gasteiger partial charge in [0.05, 0.1) is 13.2 Å². The van der Waals surface area contributed by atoms with Crippen LogP contribution in [-0.4, -0.2) is 130 Å². The van der Waals surface area contributed by atoms with Gasteiger partial charge in [0.15, 0.2) is 16.6 Å². The van der Waals surface area contributed by atoms with Crippen LogP contribution in [0.25, 0.3) is 0 Å². The summed E-state index contributed by atoms with van der Waals surface area (Å²) in [6, 6.07) is 0.598. The molecule has 0 saturated heterocycles. The summed E-state index contributed by atoms with van der Waals surface area (Å²) in [5, 5.41) is 39.1. The molecule has 39 heavy (non-hydrogen) atoms. The molecule has 0 aliphatic carbocycles. The minimum absolute atomic E-state index is 0.0340. The largest absolute Gasteiger partial charge is 0.447 e. The Morgan fingerprint density at radius 1 is 0.769 bits per heavy atom. The van der Waals surface area contributed by atoms with Crippen molar-refractivity contribution in [1.82, 2.24) is 10.2 Å². The van der Waals surface area contributed by atoms with Crippen LogP contribution in [0, 0.1) is 0 Å². The maximum atomic E-state index is 12.7. The van der Waals surface area contributed by atoms with Crippen LogP contribution in [0.15, 0.2) is 0 Å². The maximum absolute atomic E-state index is 12.7. The third kappa shape index (κ3) is 19.8.